The summed E-state index contributed by atoms with van der Waals surface area (Å²) < 4.78 is 26.9. The van der Waals surface area contributed by atoms with E-state index < -0.39 is 9.05 Å². The molecule has 0 aliphatic heterocycles. The number of benzene rings is 1. The maximum absolute atomic E-state index is 10.9. The largest absolute Gasteiger partial charge is 0.481 e. The summed E-state index contributed by atoms with van der Waals surface area (Å²) in [5.41, 5.74) is 0. The fraction of sp³-hybridized carbons (Fsp3) is 0.111. The molecule has 0 saturated heterocycles. The van der Waals surface area contributed by atoms with Gasteiger partial charge in [-0.3, -0.25) is 0 Å². The number of halogens is 1. The van der Waals surface area contributed by atoms with Crippen LogP contribution in [0.5, 0.6) is 5.75 Å². The third-order valence-corrected chi connectivity index (χ3v) is 2.76. The Balaban J connectivity index is 2.97. The lowest BCUT2D eigenvalue weighted by Crippen LogP contribution is -1.95. The zero-order valence-electron chi connectivity index (χ0n) is 7.10. The van der Waals surface area contributed by atoms with Gasteiger partial charge in [-0.1, -0.05) is 12.0 Å². The molecule has 1 rings (SSSR count). The van der Waals surface area contributed by atoms with Crippen LogP contribution in [0.15, 0.2) is 29.2 Å². The molecule has 1 aromatic carbocycles. The molecule has 14 heavy (non-hydrogen) atoms. The molecule has 0 bridgehead atoms. The van der Waals surface area contributed by atoms with Gasteiger partial charge >= 0.3 is 0 Å². The Kier molecular flexibility index (Phi) is 3.39. The molecular formula is C9H7ClO3S. The monoisotopic (exact) mass is 230 g/mol. The average molecular weight is 231 g/mol. The van der Waals surface area contributed by atoms with Crippen LogP contribution in [0.25, 0.3) is 0 Å². The number of terminal acetylenes is 1. The van der Waals surface area contributed by atoms with Crippen LogP contribution in [0.3, 0.4) is 0 Å². The molecule has 0 heterocycles. The van der Waals surface area contributed by atoms with Crippen LogP contribution in [0.2, 0.25) is 0 Å². The third kappa shape index (κ3) is 2.95. The zero-order valence-corrected chi connectivity index (χ0v) is 8.68. The summed E-state index contributed by atoms with van der Waals surface area (Å²) in [5.74, 6) is 2.65. The topological polar surface area (TPSA) is 43.4 Å². The van der Waals surface area contributed by atoms with Crippen molar-refractivity contribution in [1.82, 2.24) is 0 Å². The highest BCUT2D eigenvalue weighted by molar-refractivity contribution is 8.13. The van der Waals surface area contributed by atoms with E-state index in [9.17, 15) is 8.42 Å². The standard InChI is InChI=1S/C9H7ClO3S/c1-2-6-13-8-4-3-5-9(7-8)14(10,11)12/h1,3-5,7H,6H2. The predicted octanol–water partition coefficient (Wildman–Crippen LogP) is 1.63. The van der Waals surface area contributed by atoms with E-state index in [0.29, 0.717) is 5.75 Å². The lowest BCUT2D eigenvalue weighted by Gasteiger charge is -2.02. The van der Waals surface area contributed by atoms with Gasteiger partial charge in [0.15, 0.2) is 0 Å². The van der Waals surface area contributed by atoms with Gasteiger partial charge in [0.1, 0.15) is 12.4 Å². The van der Waals surface area contributed by atoms with Gasteiger partial charge in [-0.25, -0.2) is 8.42 Å². The Hall–Kier alpha value is -1.18. The van der Waals surface area contributed by atoms with Gasteiger partial charge in [-0.05, 0) is 12.1 Å². The number of ether oxygens (including phenoxy) is 1. The summed E-state index contributed by atoms with van der Waals surface area (Å²) in [4.78, 5) is -0.00584. The lowest BCUT2D eigenvalue weighted by molar-refractivity contribution is 0.369. The molecular weight excluding hydrogens is 224 g/mol. The first-order valence-electron chi connectivity index (χ1n) is 3.65. The molecule has 0 fully saturated rings. The molecule has 0 N–H and O–H groups in total. The van der Waals surface area contributed by atoms with E-state index in [0.717, 1.165) is 0 Å². The van der Waals surface area contributed by atoms with Crippen molar-refractivity contribution < 1.29 is 13.2 Å². The highest BCUT2D eigenvalue weighted by Crippen LogP contribution is 2.20. The molecule has 1 aromatic rings. The van der Waals surface area contributed by atoms with Gasteiger partial charge in [0.25, 0.3) is 9.05 Å². The Morgan fingerprint density at radius 3 is 2.79 bits per heavy atom. The second-order valence-corrected chi connectivity index (χ2v) is 4.97. The van der Waals surface area contributed by atoms with E-state index in [-0.39, 0.29) is 11.5 Å². The molecule has 0 amide bonds. The van der Waals surface area contributed by atoms with Crippen LogP contribution >= 0.6 is 10.7 Å². The van der Waals surface area contributed by atoms with Crippen LogP contribution in [-0.2, 0) is 9.05 Å². The first kappa shape index (κ1) is 10.9. The molecule has 0 saturated carbocycles. The molecule has 0 atom stereocenters. The average Bonchev–Trinajstić information content (AvgIpc) is 2.14. The minimum Gasteiger partial charge on any atom is -0.481 e. The number of rotatable bonds is 3. The maximum atomic E-state index is 10.9. The second kappa shape index (κ2) is 4.36. The summed E-state index contributed by atoms with van der Waals surface area (Å²) in [6.07, 6.45) is 4.98. The van der Waals surface area contributed by atoms with Crippen molar-refractivity contribution in [2.75, 3.05) is 6.61 Å². The Morgan fingerprint density at radius 2 is 2.21 bits per heavy atom. The van der Waals surface area contributed by atoms with Gasteiger partial charge in [-0.15, -0.1) is 6.42 Å². The van der Waals surface area contributed by atoms with Crippen molar-refractivity contribution in [3.63, 3.8) is 0 Å². The van der Waals surface area contributed by atoms with Crippen molar-refractivity contribution in [2.24, 2.45) is 0 Å². The van der Waals surface area contributed by atoms with Crippen molar-refractivity contribution in [3.8, 4) is 18.1 Å². The van der Waals surface area contributed by atoms with Gasteiger partial charge in [0, 0.05) is 16.7 Å². The van der Waals surface area contributed by atoms with Gasteiger partial charge in [0.05, 0.1) is 4.90 Å². The Labute approximate surface area is 87.1 Å². The van der Waals surface area contributed by atoms with E-state index in [1.54, 1.807) is 6.07 Å². The normalized spacial score (nSPS) is 10.6. The summed E-state index contributed by atoms with van der Waals surface area (Å²) in [6.45, 7) is 0.0891. The third-order valence-electron chi connectivity index (χ3n) is 1.41. The van der Waals surface area contributed by atoms with Crippen molar-refractivity contribution in [2.45, 2.75) is 4.90 Å². The molecule has 3 nitrogen and oxygen atoms in total. The second-order valence-electron chi connectivity index (χ2n) is 2.41. The smallest absolute Gasteiger partial charge is 0.261 e. The van der Waals surface area contributed by atoms with E-state index in [1.807, 2.05) is 0 Å². The van der Waals surface area contributed by atoms with Gasteiger partial charge < -0.3 is 4.74 Å². The highest BCUT2D eigenvalue weighted by Gasteiger charge is 2.09. The molecule has 0 aliphatic rings. The molecule has 74 valence electrons. The minimum absolute atomic E-state index is 0.00584. The molecule has 0 aliphatic carbocycles. The Morgan fingerprint density at radius 1 is 1.50 bits per heavy atom. The maximum Gasteiger partial charge on any atom is 0.261 e. The number of hydrogen-bond donors (Lipinski definition) is 0. The summed E-state index contributed by atoms with van der Waals surface area (Å²) in [6, 6.07) is 5.83. The van der Waals surface area contributed by atoms with E-state index in [4.69, 9.17) is 21.8 Å². The summed E-state index contributed by atoms with van der Waals surface area (Å²) in [7, 11) is 1.43. The number of hydrogen-bond acceptors (Lipinski definition) is 3. The first-order chi connectivity index (χ1) is 6.54. The molecule has 0 aromatic heterocycles. The molecule has 0 radical (unpaired) electrons. The van der Waals surface area contributed by atoms with Crippen LogP contribution < -0.4 is 4.74 Å². The lowest BCUT2D eigenvalue weighted by atomic mass is 10.3. The fourth-order valence-electron chi connectivity index (χ4n) is 0.841. The first-order valence-corrected chi connectivity index (χ1v) is 5.96. The minimum atomic E-state index is -3.71. The Bertz CT molecular complexity index is 459. The van der Waals surface area contributed by atoms with E-state index in [1.165, 1.54) is 18.2 Å². The highest BCUT2D eigenvalue weighted by atomic mass is 35.7. The van der Waals surface area contributed by atoms with Crippen molar-refractivity contribution in [1.29, 1.82) is 0 Å². The van der Waals surface area contributed by atoms with Crippen LogP contribution in [0.1, 0.15) is 0 Å². The summed E-state index contributed by atoms with van der Waals surface area (Å²) >= 11 is 0. The van der Waals surface area contributed by atoms with E-state index >= 15 is 0 Å². The molecule has 0 spiro atoms. The molecule has 0 unspecified atom stereocenters. The summed E-state index contributed by atoms with van der Waals surface area (Å²) in [5, 5.41) is 0. The zero-order chi connectivity index (χ0) is 10.6. The van der Waals surface area contributed by atoms with Crippen LogP contribution in [-0.4, -0.2) is 15.0 Å². The fourth-order valence-corrected chi connectivity index (χ4v) is 1.63. The predicted molar refractivity (Wildman–Crippen MR) is 53.8 cm³/mol. The van der Waals surface area contributed by atoms with Crippen molar-refractivity contribution in [3.05, 3.63) is 24.3 Å². The van der Waals surface area contributed by atoms with Crippen molar-refractivity contribution >= 4 is 19.7 Å². The quantitative estimate of drug-likeness (QED) is 0.586. The molecule has 5 heteroatoms. The van der Waals surface area contributed by atoms with E-state index in [2.05, 4.69) is 5.92 Å². The van der Waals surface area contributed by atoms with Gasteiger partial charge in [-0.2, -0.15) is 0 Å². The van der Waals surface area contributed by atoms with Crippen LogP contribution in [0, 0.1) is 12.3 Å². The van der Waals surface area contributed by atoms with Crippen LogP contribution in [0.4, 0.5) is 0 Å². The SMILES string of the molecule is C#CCOc1cccc(S(=O)(=O)Cl)c1. The van der Waals surface area contributed by atoms with Gasteiger partial charge in [0.2, 0.25) is 0 Å².